The minimum Gasteiger partial charge on any atom is -0.484 e. The molecule has 0 fully saturated rings. The SMILES string of the molecule is Cc1ccc(OCC(=O)NCC(=O)Nc2cc(C)on2)cc1. The van der Waals surface area contributed by atoms with E-state index in [1.165, 1.54) is 0 Å². The fourth-order valence-corrected chi connectivity index (χ4v) is 1.63. The lowest BCUT2D eigenvalue weighted by molar-refractivity contribution is -0.125. The van der Waals surface area contributed by atoms with Crippen molar-refractivity contribution in [3.8, 4) is 5.75 Å². The second-order valence-electron chi connectivity index (χ2n) is 4.75. The van der Waals surface area contributed by atoms with Crippen molar-refractivity contribution >= 4 is 17.6 Å². The van der Waals surface area contributed by atoms with Crippen molar-refractivity contribution in [1.29, 1.82) is 0 Å². The summed E-state index contributed by atoms with van der Waals surface area (Å²) in [4.78, 5) is 23.2. The van der Waals surface area contributed by atoms with E-state index in [0.717, 1.165) is 5.56 Å². The molecule has 0 aliphatic rings. The van der Waals surface area contributed by atoms with Gasteiger partial charge in [-0.25, -0.2) is 0 Å². The van der Waals surface area contributed by atoms with Gasteiger partial charge in [-0.2, -0.15) is 0 Å². The zero-order chi connectivity index (χ0) is 15.9. The molecule has 0 aliphatic carbocycles. The number of benzene rings is 1. The third kappa shape index (κ3) is 4.93. The summed E-state index contributed by atoms with van der Waals surface area (Å²) in [5.74, 6) is 0.728. The van der Waals surface area contributed by atoms with Crippen LogP contribution in [0.15, 0.2) is 34.9 Å². The molecule has 116 valence electrons. The Kier molecular flexibility index (Phi) is 5.13. The molecule has 1 aromatic heterocycles. The fraction of sp³-hybridized carbons (Fsp3) is 0.267. The molecule has 1 heterocycles. The molecule has 0 saturated heterocycles. The van der Waals surface area contributed by atoms with Crippen LogP contribution in [0.2, 0.25) is 0 Å². The monoisotopic (exact) mass is 303 g/mol. The summed E-state index contributed by atoms with van der Waals surface area (Å²) >= 11 is 0. The van der Waals surface area contributed by atoms with Gasteiger partial charge in [0.15, 0.2) is 12.4 Å². The maximum atomic E-state index is 11.6. The molecular formula is C15H17N3O4. The number of hydrogen-bond acceptors (Lipinski definition) is 5. The van der Waals surface area contributed by atoms with Gasteiger partial charge in [0, 0.05) is 6.07 Å². The van der Waals surface area contributed by atoms with Crippen LogP contribution in [0.4, 0.5) is 5.82 Å². The summed E-state index contributed by atoms with van der Waals surface area (Å²) < 4.78 is 10.1. The average molecular weight is 303 g/mol. The highest BCUT2D eigenvalue weighted by atomic mass is 16.5. The summed E-state index contributed by atoms with van der Waals surface area (Å²) in [6.07, 6.45) is 0. The molecule has 1 aromatic carbocycles. The minimum atomic E-state index is -0.392. The molecule has 0 aliphatic heterocycles. The number of nitrogens with zero attached hydrogens (tertiary/aromatic N) is 1. The zero-order valence-corrected chi connectivity index (χ0v) is 12.4. The molecular weight excluding hydrogens is 286 g/mol. The van der Waals surface area contributed by atoms with Crippen LogP contribution in [-0.2, 0) is 9.59 Å². The molecule has 0 spiro atoms. The number of amides is 2. The predicted molar refractivity (Wildman–Crippen MR) is 79.6 cm³/mol. The Hall–Kier alpha value is -2.83. The molecule has 22 heavy (non-hydrogen) atoms. The Bertz CT molecular complexity index is 649. The summed E-state index contributed by atoms with van der Waals surface area (Å²) in [6, 6.07) is 8.92. The van der Waals surface area contributed by atoms with Gasteiger partial charge < -0.3 is 19.9 Å². The molecule has 0 radical (unpaired) electrons. The molecule has 2 aromatic rings. The van der Waals surface area contributed by atoms with Gasteiger partial charge in [0.1, 0.15) is 11.5 Å². The zero-order valence-electron chi connectivity index (χ0n) is 12.4. The first-order valence-electron chi connectivity index (χ1n) is 6.72. The van der Waals surface area contributed by atoms with Crippen LogP contribution in [0.5, 0.6) is 5.75 Å². The highest BCUT2D eigenvalue weighted by Crippen LogP contribution is 2.10. The van der Waals surface area contributed by atoms with Crippen molar-refractivity contribution in [3.05, 3.63) is 41.7 Å². The van der Waals surface area contributed by atoms with Gasteiger partial charge in [-0.3, -0.25) is 9.59 Å². The van der Waals surface area contributed by atoms with E-state index in [1.54, 1.807) is 25.1 Å². The lowest BCUT2D eigenvalue weighted by atomic mass is 10.2. The number of carbonyl (C=O) groups excluding carboxylic acids is 2. The number of ether oxygens (including phenoxy) is 1. The van der Waals surface area contributed by atoms with Crippen molar-refractivity contribution in [3.63, 3.8) is 0 Å². The fourth-order valence-electron chi connectivity index (χ4n) is 1.63. The average Bonchev–Trinajstić information content (AvgIpc) is 2.89. The molecule has 2 amide bonds. The smallest absolute Gasteiger partial charge is 0.258 e. The highest BCUT2D eigenvalue weighted by Gasteiger charge is 2.08. The summed E-state index contributed by atoms with van der Waals surface area (Å²) in [7, 11) is 0. The Morgan fingerprint density at radius 2 is 1.91 bits per heavy atom. The van der Waals surface area contributed by atoms with Gasteiger partial charge in [0.25, 0.3) is 5.91 Å². The van der Waals surface area contributed by atoms with Crippen LogP contribution < -0.4 is 15.4 Å². The van der Waals surface area contributed by atoms with E-state index in [1.807, 2.05) is 19.1 Å². The van der Waals surface area contributed by atoms with Crippen LogP contribution in [0, 0.1) is 13.8 Å². The topological polar surface area (TPSA) is 93.5 Å². The van der Waals surface area contributed by atoms with E-state index in [9.17, 15) is 9.59 Å². The predicted octanol–water partition coefficient (Wildman–Crippen LogP) is 1.43. The molecule has 7 nitrogen and oxygen atoms in total. The van der Waals surface area contributed by atoms with Crippen LogP contribution in [0.1, 0.15) is 11.3 Å². The van der Waals surface area contributed by atoms with Crippen molar-refractivity contribution in [2.45, 2.75) is 13.8 Å². The van der Waals surface area contributed by atoms with Gasteiger partial charge in [-0.1, -0.05) is 22.9 Å². The number of rotatable bonds is 6. The number of nitrogens with one attached hydrogen (secondary N) is 2. The number of aromatic nitrogens is 1. The van der Waals surface area contributed by atoms with Gasteiger partial charge >= 0.3 is 0 Å². The maximum absolute atomic E-state index is 11.6. The van der Waals surface area contributed by atoms with Crippen molar-refractivity contribution in [2.24, 2.45) is 0 Å². The second-order valence-corrected chi connectivity index (χ2v) is 4.75. The van der Waals surface area contributed by atoms with E-state index in [4.69, 9.17) is 9.26 Å². The van der Waals surface area contributed by atoms with E-state index in [0.29, 0.717) is 17.3 Å². The minimum absolute atomic E-state index is 0.153. The number of hydrogen-bond donors (Lipinski definition) is 2. The van der Waals surface area contributed by atoms with Crippen molar-refractivity contribution in [2.75, 3.05) is 18.5 Å². The van der Waals surface area contributed by atoms with E-state index >= 15 is 0 Å². The van der Waals surface area contributed by atoms with E-state index in [2.05, 4.69) is 15.8 Å². The van der Waals surface area contributed by atoms with Crippen molar-refractivity contribution in [1.82, 2.24) is 10.5 Å². The Morgan fingerprint density at radius 1 is 1.18 bits per heavy atom. The Balaban J connectivity index is 1.68. The largest absolute Gasteiger partial charge is 0.484 e. The molecule has 7 heteroatoms. The lowest BCUT2D eigenvalue weighted by Crippen LogP contribution is -2.35. The lowest BCUT2D eigenvalue weighted by Gasteiger charge is -2.07. The molecule has 2 N–H and O–H groups in total. The number of anilines is 1. The van der Waals surface area contributed by atoms with Crippen LogP contribution >= 0.6 is 0 Å². The second kappa shape index (κ2) is 7.26. The molecule has 0 saturated carbocycles. The standard InChI is InChI=1S/C15H17N3O4/c1-10-3-5-12(6-4-10)21-9-15(20)16-8-14(19)17-13-7-11(2)22-18-13/h3-7H,8-9H2,1-2H3,(H,16,20)(H,17,18,19). The van der Waals surface area contributed by atoms with Crippen molar-refractivity contribution < 1.29 is 18.8 Å². The maximum Gasteiger partial charge on any atom is 0.258 e. The highest BCUT2D eigenvalue weighted by molar-refractivity contribution is 5.93. The number of carbonyl (C=O) groups is 2. The third-order valence-electron chi connectivity index (χ3n) is 2.73. The van der Waals surface area contributed by atoms with Gasteiger partial charge in [-0.05, 0) is 26.0 Å². The van der Waals surface area contributed by atoms with Crippen LogP contribution in [-0.4, -0.2) is 30.1 Å². The molecule has 0 atom stereocenters. The quantitative estimate of drug-likeness (QED) is 0.842. The summed E-state index contributed by atoms with van der Waals surface area (Å²) in [6.45, 7) is 3.36. The molecule has 0 unspecified atom stereocenters. The first kappa shape index (κ1) is 15.6. The number of aryl methyl sites for hydroxylation is 2. The molecule has 2 rings (SSSR count). The van der Waals surface area contributed by atoms with Gasteiger partial charge in [-0.15, -0.1) is 0 Å². The third-order valence-corrected chi connectivity index (χ3v) is 2.73. The summed E-state index contributed by atoms with van der Waals surface area (Å²) in [5, 5.41) is 8.58. The van der Waals surface area contributed by atoms with E-state index < -0.39 is 5.91 Å². The Morgan fingerprint density at radius 3 is 2.55 bits per heavy atom. The normalized spacial score (nSPS) is 10.1. The first-order valence-corrected chi connectivity index (χ1v) is 6.72. The van der Waals surface area contributed by atoms with Crippen LogP contribution in [0.25, 0.3) is 0 Å². The first-order chi connectivity index (χ1) is 10.5. The van der Waals surface area contributed by atoms with E-state index in [-0.39, 0.29) is 19.1 Å². The van der Waals surface area contributed by atoms with Gasteiger partial charge in [0.05, 0.1) is 6.54 Å². The Labute approximate surface area is 127 Å². The summed E-state index contributed by atoms with van der Waals surface area (Å²) in [5.41, 5.74) is 1.11. The molecule has 0 bridgehead atoms. The van der Waals surface area contributed by atoms with Gasteiger partial charge in [0.2, 0.25) is 5.91 Å². The van der Waals surface area contributed by atoms with Crippen LogP contribution in [0.3, 0.4) is 0 Å².